The molecule has 122 valence electrons. The van der Waals surface area contributed by atoms with Gasteiger partial charge in [0, 0.05) is 5.39 Å². The number of methoxy groups -OCH3 is 1. The molecule has 0 saturated heterocycles. The van der Waals surface area contributed by atoms with Gasteiger partial charge in [-0.2, -0.15) is 0 Å². The lowest BCUT2D eigenvalue weighted by molar-refractivity contribution is -0.144. The molecule has 1 aromatic carbocycles. The highest BCUT2D eigenvalue weighted by atomic mass is 16.5. The fourth-order valence-electron chi connectivity index (χ4n) is 2.24. The van der Waals surface area contributed by atoms with Crippen LogP contribution in [0.3, 0.4) is 0 Å². The first kappa shape index (κ1) is 16.7. The summed E-state index contributed by atoms with van der Waals surface area (Å²) in [5.41, 5.74) is -0.477. The Morgan fingerprint density at radius 3 is 2.65 bits per heavy atom. The molecule has 1 heterocycles. The number of amides is 1. The van der Waals surface area contributed by atoms with Crippen molar-refractivity contribution in [3.8, 4) is 0 Å². The Morgan fingerprint density at radius 2 is 2.00 bits per heavy atom. The van der Waals surface area contributed by atoms with Gasteiger partial charge in [0.2, 0.25) is 0 Å². The molecule has 2 atom stereocenters. The fourth-order valence-corrected chi connectivity index (χ4v) is 2.24. The summed E-state index contributed by atoms with van der Waals surface area (Å²) in [6, 6.07) is 7.54. The molecule has 2 aromatic rings. The van der Waals surface area contributed by atoms with Crippen LogP contribution < -0.4 is 10.9 Å². The molecule has 0 aliphatic heterocycles. The number of hydrogen-bond donors (Lipinski definition) is 1. The summed E-state index contributed by atoms with van der Waals surface area (Å²) < 4.78 is 9.85. The van der Waals surface area contributed by atoms with Gasteiger partial charge in [-0.15, -0.1) is 0 Å². The van der Waals surface area contributed by atoms with Crippen molar-refractivity contribution in [3.05, 3.63) is 46.3 Å². The SMILES string of the molecule is CC[C@H](C)[C@H](NC(=O)c1cc2ccccc2oc1=O)C(=O)OC. The van der Waals surface area contributed by atoms with Crippen molar-refractivity contribution in [1.29, 1.82) is 0 Å². The summed E-state index contributed by atoms with van der Waals surface area (Å²) in [6.07, 6.45) is 0.673. The molecule has 0 unspecified atom stereocenters. The predicted molar refractivity (Wildman–Crippen MR) is 85.2 cm³/mol. The van der Waals surface area contributed by atoms with E-state index in [1.807, 2.05) is 13.8 Å². The predicted octanol–water partition coefficient (Wildman–Crippen LogP) is 2.11. The molecule has 0 saturated carbocycles. The molecule has 1 aromatic heterocycles. The number of carbonyl (C=O) groups excluding carboxylic acids is 2. The number of nitrogens with one attached hydrogen (secondary N) is 1. The third kappa shape index (κ3) is 3.59. The summed E-state index contributed by atoms with van der Waals surface area (Å²) in [5, 5.41) is 3.20. The number of ether oxygens (including phenoxy) is 1. The van der Waals surface area contributed by atoms with Crippen LogP contribution in [0.5, 0.6) is 0 Å². The average molecular weight is 317 g/mol. The Kier molecular flexibility index (Phi) is 5.16. The normalized spacial score (nSPS) is 13.3. The lowest BCUT2D eigenvalue weighted by Gasteiger charge is -2.21. The smallest absolute Gasteiger partial charge is 0.349 e. The molecular weight excluding hydrogens is 298 g/mol. The number of hydrogen-bond acceptors (Lipinski definition) is 5. The monoisotopic (exact) mass is 317 g/mol. The second kappa shape index (κ2) is 7.09. The summed E-state index contributed by atoms with van der Waals surface area (Å²) in [6.45, 7) is 3.72. The average Bonchev–Trinajstić information content (AvgIpc) is 2.57. The summed E-state index contributed by atoms with van der Waals surface area (Å²) in [5.74, 6) is -1.32. The second-order valence-electron chi connectivity index (χ2n) is 5.35. The lowest BCUT2D eigenvalue weighted by Crippen LogP contribution is -2.46. The first-order valence-corrected chi connectivity index (χ1v) is 7.39. The molecule has 0 spiro atoms. The molecule has 6 heteroatoms. The number of para-hydroxylation sites is 1. The Hall–Kier alpha value is -2.63. The van der Waals surface area contributed by atoms with E-state index >= 15 is 0 Å². The molecule has 23 heavy (non-hydrogen) atoms. The van der Waals surface area contributed by atoms with Gasteiger partial charge in [0.05, 0.1) is 7.11 Å². The summed E-state index contributed by atoms with van der Waals surface area (Å²) >= 11 is 0. The first-order chi connectivity index (χ1) is 11.0. The quantitative estimate of drug-likeness (QED) is 0.674. The molecule has 6 nitrogen and oxygen atoms in total. The highest BCUT2D eigenvalue weighted by Crippen LogP contribution is 2.14. The number of carbonyl (C=O) groups is 2. The van der Waals surface area contributed by atoms with E-state index in [-0.39, 0.29) is 11.5 Å². The Balaban J connectivity index is 2.34. The van der Waals surface area contributed by atoms with Gasteiger partial charge in [-0.3, -0.25) is 4.79 Å². The highest BCUT2D eigenvalue weighted by Gasteiger charge is 2.28. The van der Waals surface area contributed by atoms with Crippen molar-refractivity contribution in [1.82, 2.24) is 5.32 Å². The second-order valence-corrected chi connectivity index (χ2v) is 5.35. The number of fused-ring (bicyclic) bond motifs is 1. The number of rotatable bonds is 5. The minimum Gasteiger partial charge on any atom is -0.467 e. The van der Waals surface area contributed by atoms with E-state index in [9.17, 15) is 14.4 Å². The van der Waals surface area contributed by atoms with Crippen molar-refractivity contribution in [2.75, 3.05) is 7.11 Å². The van der Waals surface area contributed by atoms with Crippen LogP contribution in [0.2, 0.25) is 0 Å². The Labute approximate surface area is 133 Å². The van der Waals surface area contributed by atoms with Crippen molar-refractivity contribution < 1.29 is 18.7 Å². The zero-order chi connectivity index (χ0) is 17.0. The molecule has 0 bridgehead atoms. The van der Waals surface area contributed by atoms with Crippen LogP contribution in [0.15, 0.2) is 39.5 Å². The zero-order valence-electron chi connectivity index (χ0n) is 13.3. The van der Waals surface area contributed by atoms with Gasteiger partial charge in [-0.1, -0.05) is 38.5 Å². The van der Waals surface area contributed by atoms with Crippen LogP contribution in [0.4, 0.5) is 0 Å². The van der Waals surface area contributed by atoms with E-state index in [0.29, 0.717) is 17.4 Å². The molecule has 0 fully saturated rings. The number of esters is 1. The molecular formula is C17H19NO5. The van der Waals surface area contributed by atoms with Gasteiger partial charge in [-0.25, -0.2) is 9.59 Å². The van der Waals surface area contributed by atoms with Crippen LogP contribution in [-0.2, 0) is 9.53 Å². The van der Waals surface area contributed by atoms with E-state index < -0.39 is 23.5 Å². The fraction of sp³-hybridized carbons (Fsp3) is 0.353. The molecule has 0 aliphatic rings. The Bertz CT molecular complexity index is 780. The zero-order valence-corrected chi connectivity index (χ0v) is 13.3. The summed E-state index contributed by atoms with van der Waals surface area (Å²) in [4.78, 5) is 36.2. The van der Waals surface area contributed by atoms with Gasteiger partial charge in [0.15, 0.2) is 0 Å². The number of benzene rings is 1. The summed E-state index contributed by atoms with van der Waals surface area (Å²) in [7, 11) is 1.26. The van der Waals surface area contributed by atoms with Gasteiger partial charge >= 0.3 is 11.6 Å². The van der Waals surface area contributed by atoms with Crippen LogP contribution in [0.1, 0.15) is 30.6 Å². The van der Waals surface area contributed by atoms with E-state index in [1.165, 1.54) is 13.2 Å². The van der Waals surface area contributed by atoms with Crippen molar-refractivity contribution in [2.24, 2.45) is 5.92 Å². The molecule has 2 rings (SSSR count). The van der Waals surface area contributed by atoms with Crippen molar-refractivity contribution in [3.63, 3.8) is 0 Å². The maximum absolute atomic E-state index is 12.4. The molecule has 0 aliphatic carbocycles. The largest absolute Gasteiger partial charge is 0.467 e. The first-order valence-electron chi connectivity index (χ1n) is 7.39. The van der Waals surface area contributed by atoms with Crippen LogP contribution in [0.25, 0.3) is 11.0 Å². The Morgan fingerprint density at radius 1 is 1.30 bits per heavy atom. The third-order valence-corrected chi connectivity index (χ3v) is 3.84. The molecule has 1 amide bonds. The van der Waals surface area contributed by atoms with Gasteiger partial charge in [0.25, 0.3) is 5.91 Å². The molecule has 1 N–H and O–H groups in total. The van der Waals surface area contributed by atoms with Gasteiger partial charge in [0.1, 0.15) is 17.2 Å². The van der Waals surface area contributed by atoms with E-state index in [0.717, 1.165) is 0 Å². The maximum Gasteiger partial charge on any atom is 0.349 e. The minimum absolute atomic E-state index is 0.126. The van der Waals surface area contributed by atoms with Crippen molar-refractivity contribution >= 4 is 22.8 Å². The van der Waals surface area contributed by atoms with Crippen LogP contribution in [-0.4, -0.2) is 25.0 Å². The van der Waals surface area contributed by atoms with E-state index in [4.69, 9.17) is 9.15 Å². The topological polar surface area (TPSA) is 85.6 Å². The minimum atomic E-state index is -0.816. The maximum atomic E-state index is 12.4. The standard InChI is InChI=1S/C17H19NO5/c1-4-10(2)14(17(21)22-3)18-15(19)12-9-11-7-5-6-8-13(11)23-16(12)20/h5-10,14H,4H2,1-3H3,(H,18,19)/t10-,14-/m0/s1. The highest BCUT2D eigenvalue weighted by molar-refractivity contribution is 5.98. The lowest BCUT2D eigenvalue weighted by atomic mass is 9.99. The van der Waals surface area contributed by atoms with E-state index in [2.05, 4.69) is 5.32 Å². The van der Waals surface area contributed by atoms with Crippen LogP contribution >= 0.6 is 0 Å². The molecule has 0 radical (unpaired) electrons. The van der Waals surface area contributed by atoms with Crippen LogP contribution in [0, 0.1) is 5.92 Å². The van der Waals surface area contributed by atoms with Gasteiger partial charge in [-0.05, 0) is 18.1 Å². The van der Waals surface area contributed by atoms with Gasteiger partial charge < -0.3 is 14.5 Å². The van der Waals surface area contributed by atoms with E-state index in [1.54, 1.807) is 24.3 Å². The van der Waals surface area contributed by atoms with Crippen molar-refractivity contribution in [2.45, 2.75) is 26.3 Å². The third-order valence-electron chi connectivity index (χ3n) is 3.84.